The summed E-state index contributed by atoms with van der Waals surface area (Å²) >= 11 is 0. The highest BCUT2D eigenvalue weighted by Gasteiger charge is 2.21. The van der Waals surface area contributed by atoms with Gasteiger partial charge in [-0.15, -0.1) is 0 Å². The number of benzene rings is 1. The fourth-order valence-corrected chi connectivity index (χ4v) is 3.18. The molecule has 0 unspecified atom stereocenters. The number of halogens is 1. The molecule has 0 saturated heterocycles. The summed E-state index contributed by atoms with van der Waals surface area (Å²) in [7, 11) is -3.76. The van der Waals surface area contributed by atoms with Gasteiger partial charge in [0, 0.05) is 6.07 Å². The first kappa shape index (κ1) is 17.1. The van der Waals surface area contributed by atoms with Crippen LogP contribution in [0.25, 0.3) is 0 Å². The molecule has 23 heavy (non-hydrogen) atoms. The number of hydrogen-bond donors (Lipinski definition) is 2. The van der Waals surface area contributed by atoms with E-state index in [1.54, 1.807) is 6.92 Å². The first-order valence-electron chi connectivity index (χ1n) is 6.74. The molecule has 0 aliphatic heterocycles. The van der Waals surface area contributed by atoms with Gasteiger partial charge in [-0.3, -0.25) is 4.79 Å². The molecule has 0 saturated carbocycles. The molecule has 1 heterocycles. The first-order chi connectivity index (χ1) is 10.7. The van der Waals surface area contributed by atoms with Crippen LogP contribution in [0, 0.1) is 12.7 Å². The molecule has 1 aromatic heterocycles. The third-order valence-corrected chi connectivity index (χ3v) is 4.32. The van der Waals surface area contributed by atoms with Gasteiger partial charge in [0.15, 0.2) is 5.82 Å². The Kier molecular flexibility index (Phi) is 5.12. The Balaban J connectivity index is 1.95. The van der Waals surface area contributed by atoms with Crippen molar-refractivity contribution in [3.63, 3.8) is 0 Å². The standard InChI is InChI=1S/C14H16FN3O4S/c1-9-7-13(17-22-9)16-14(19)10(2)18-23(20,21)8-11-3-5-12(15)6-4-11/h3-7,10,18H,8H2,1-2H3,(H,16,17,19)/t10-/m1/s1. The zero-order chi connectivity index (χ0) is 17.0. The van der Waals surface area contributed by atoms with E-state index >= 15 is 0 Å². The molecule has 1 atom stereocenters. The first-order valence-corrected chi connectivity index (χ1v) is 8.39. The number of nitrogens with one attached hydrogen (secondary N) is 2. The van der Waals surface area contributed by atoms with E-state index in [9.17, 15) is 17.6 Å². The zero-order valence-electron chi connectivity index (χ0n) is 12.5. The number of sulfonamides is 1. The van der Waals surface area contributed by atoms with Gasteiger partial charge >= 0.3 is 0 Å². The maximum atomic E-state index is 12.8. The molecule has 2 aromatic rings. The highest BCUT2D eigenvalue weighted by Crippen LogP contribution is 2.09. The number of amides is 1. The van der Waals surface area contributed by atoms with E-state index in [0.717, 1.165) is 0 Å². The molecular weight excluding hydrogens is 325 g/mol. The SMILES string of the molecule is Cc1cc(NC(=O)[C@@H](C)NS(=O)(=O)Cc2ccc(F)cc2)no1. The van der Waals surface area contributed by atoms with E-state index in [1.165, 1.54) is 37.3 Å². The minimum absolute atomic E-state index is 0.206. The van der Waals surface area contributed by atoms with Crippen LogP contribution in [0.15, 0.2) is 34.9 Å². The van der Waals surface area contributed by atoms with Gasteiger partial charge in [-0.2, -0.15) is 0 Å². The number of anilines is 1. The van der Waals surface area contributed by atoms with Gasteiger partial charge < -0.3 is 9.84 Å². The minimum Gasteiger partial charge on any atom is -0.360 e. The Morgan fingerprint density at radius 2 is 2.00 bits per heavy atom. The van der Waals surface area contributed by atoms with Crippen molar-refractivity contribution in [2.45, 2.75) is 25.6 Å². The predicted octanol–water partition coefficient (Wildman–Crippen LogP) is 1.57. The van der Waals surface area contributed by atoms with E-state index in [2.05, 4.69) is 15.2 Å². The number of nitrogens with zero attached hydrogens (tertiary/aromatic N) is 1. The van der Waals surface area contributed by atoms with Crippen LogP contribution >= 0.6 is 0 Å². The van der Waals surface area contributed by atoms with Crippen molar-refractivity contribution in [3.8, 4) is 0 Å². The number of aryl methyl sites for hydroxylation is 1. The number of hydrogen-bond acceptors (Lipinski definition) is 5. The second-order valence-corrected chi connectivity index (χ2v) is 6.79. The van der Waals surface area contributed by atoms with Crippen molar-refractivity contribution in [1.29, 1.82) is 0 Å². The van der Waals surface area contributed by atoms with E-state index in [0.29, 0.717) is 11.3 Å². The van der Waals surface area contributed by atoms with Crippen molar-refractivity contribution in [3.05, 3.63) is 47.5 Å². The summed E-state index contributed by atoms with van der Waals surface area (Å²) in [4.78, 5) is 11.9. The van der Waals surface area contributed by atoms with Crippen molar-refractivity contribution in [2.75, 3.05) is 5.32 Å². The predicted molar refractivity (Wildman–Crippen MR) is 81.5 cm³/mol. The Morgan fingerprint density at radius 3 is 2.57 bits per heavy atom. The van der Waals surface area contributed by atoms with E-state index in [-0.39, 0.29) is 11.6 Å². The summed E-state index contributed by atoms with van der Waals surface area (Å²) in [6.07, 6.45) is 0. The molecule has 9 heteroatoms. The Morgan fingerprint density at radius 1 is 1.35 bits per heavy atom. The molecule has 1 amide bonds. The number of rotatable bonds is 6. The van der Waals surface area contributed by atoms with Crippen LogP contribution in [0.5, 0.6) is 0 Å². The smallest absolute Gasteiger partial charge is 0.243 e. The van der Waals surface area contributed by atoms with Crippen LogP contribution in [0.3, 0.4) is 0 Å². The summed E-state index contributed by atoms with van der Waals surface area (Å²) < 4.78 is 43.9. The van der Waals surface area contributed by atoms with Gasteiger partial charge in [0.2, 0.25) is 15.9 Å². The van der Waals surface area contributed by atoms with Crippen molar-refractivity contribution in [2.24, 2.45) is 0 Å². The molecule has 7 nitrogen and oxygen atoms in total. The summed E-state index contributed by atoms with van der Waals surface area (Å²) in [6, 6.07) is 5.60. The second-order valence-electron chi connectivity index (χ2n) is 5.04. The molecule has 2 N–H and O–H groups in total. The molecule has 0 aliphatic rings. The van der Waals surface area contributed by atoms with Crippen LogP contribution < -0.4 is 10.0 Å². The fraction of sp³-hybridized carbons (Fsp3) is 0.286. The summed E-state index contributed by atoms with van der Waals surface area (Å²) in [5.74, 6) is -0.647. The van der Waals surface area contributed by atoms with Crippen LogP contribution in [-0.4, -0.2) is 25.5 Å². The molecule has 0 spiro atoms. The van der Waals surface area contributed by atoms with E-state index < -0.39 is 27.8 Å². The summed E-state index contributed by atoms with van der Waals surface area (Å²) in [6.45, 7) is 3.07. The van der Waals surface area contributed by atoms with Crippen LogP contribution in [0.1, 0.15) is 18.2 Å². The quantitative estimate of drug-likeness (QED) is 0.830. The van der Waals surface area contributed by atoms with Crippen molar-refractivity contribution >= 4 is 21.7 Å². The molecule has 1 aromatic carbocycles. The molecule has 0 fully saturated rings. The average molecular weight is 341 g/mol. The van der Waals surface area contributed by atoms with Crippen LogP contribution in [0.4, 0.5) is 10.2 Å². The lowest BCUT2D eigenvalue weighted by atomic mass is 10.2. The molecule has 0 aliphatic carbocycles. The lowest BCUT2D eigenvalue weighted by Crippen LogP contribution is -2.42. The van der Waals surface area contributed by atoms with E-state index in [1.807, 2.05) is 0 Å². The number of carbonyl (C=O) groups excluding carboxylic acids is 1. The Labute approximate surface area is 132 Å². The monoisotopic (exact) mass is 341 g/mol. The summed E-state index contributed by atoms with van der Waals surface area (Å²) in [5, 5.41) is 6.03. The molecule has 124 valence electrons. The zero-order valence-corrected chi connectivity index (χ0v) is 13.4. The van der Waals surface area contributed by atoms with Crippen molar-refractivity contribution < 1.29 is 22.1 Å². The maximum Gasteiger partial charge on any atom is 0.243 e. The van der Waals surface area contributed by atoms with Crippen molar-refractivity contribution in [1.82, 2.24) is 9.88 Å². The molecular formula is C14H16FN3O4S. The largest absolute Gasteiger partial charge is 0.360 e. The normalized spacial score (nSPS) is 12.8. The lowest BCUT2D eigenvalue weighted by Gasteiger charge is -2.13. The van der Waals surface area contributed by atoms with Gasteiger partial charge in [0.25, 0.3) is 0 Å². The van der Waals surface area contributed by atoms with Gasteiger partial charge in [-0.1, -0.05) is 17.3 Å². The topological polar surface area (TPSA) is 101 Å². The van der Waals surface area contributed by atoms with Gasteiger partial charge in [0.1, 0.15) is 11.6 Å². The van der Waals surface area contributed by atoms with Crippen LogP contribution in [-0.2, 0) is 20.6 Å². The summed E-state index contributed by atoms with van der Waals surface area (Å²) in [5.41, 5.74) is 0.415. The van der Waals surface area contributed by atoms with E-state index in [4.69, 9.17) is 4.52 Å². The number of aromatic nitrogens is 1. The van der Waals surface area contributed by atoms with Crippen LogP contribution in [0.2, 0.25) is 0 Å². The fourth-order valence-electron chi connectivity index (χ4n) is 1.82. The highest BCUT2D eigenvalue weighted by atomic mass is 32.2. The third-order valence-electron chi connectivity index (χ3n) is 2.90. The van der Waals surface area contributed by atoms with Gasteiger partial charge in [0.05, 0.1) is 11.8 Å². The van der Waals surface area contributed by atoms with Gasteiger partial charge in [-0.05, 0) is 31.5 Å². The second kappa shape index (κ2) is 6.88. The molecule has 0 bridgehead atoms. The third kappa shape index (κ3) is 5.15. The minimum atomic E-state index is -3.76. The number of carbonyl (C=O) groups is 1. The maximum absolute atomic E-state index is 12.8. The molecule has 2 rings (SSSR count). The molecule has 0 radical (unpaired) electrons. The highest BCUT2D eigenvalue weighted by molar-refractivity contribution is 7.88. The lowest BCUT2D eigenvalue weighted by molar-refractivity contribution is -0.117. The van der Waals surface area contributed by atoms with Gasteiger partial charge in [-0.25, -0.2) is 17.5 Å². The Bertz CT molecular complexity index is 787. The Hall–Kier alpha value is -2.26. The average Bonchev–Trinajstić information content (AvgIpc) is 2.86.